The molecule has 6 heteroatoms. The first-order valence-electron chi connectivity index (χ1n) is 6.68. The molecule has 0 spiro atoms. The average Bonchev–Trinajstić information content (AvgIpc) is 2.34. The van der Waals surface area contributed by atoms with E-state index >= 15 is 0 Å². The fourth-order valence-corrected chi connectivity index (χ4v) is 3.66. The van der Waals surface area contributed by atoms with Gasteiger partial charge in [0.05, 0.1) is 9.88 Å². The predicted molar refractivity (Wildman–Crippen MR) is 84.1 cm³/mol. The molecule has 1 fully saturated rings. The van der Waals surface area contributed by atoms with Crippen molar-refractivity contribution in [3.63, 3.8) is 0 Å². The number of nitrogens with one attached hydrogen (secondary N) is 1. The van der Waals surface area contributed by atoms with E-state index in [2.05, 4.69) is 11.6 Å². The van der Waals surface area contributed by atoms with Crippen molar-refractivity contribution in [1.82, 2.24) is 4.72 Å². The summed E-state index contributed by atoms with van der Waals surface area (Å²) >= 11 is 4.83. The van der Waals surface area contributed by atoms with Crippen LogP contribution in [0.3, 0.4) is 0 Å². The quantitative estimate of drug-likeness (QED) is 0.788. The molecule has 3 N–H and O–H groups in total. The highest BCUT2D eigenvalue weighted by molar-refractivity contribution is 7.89. The average molecular weight is 312 g/mol. The van der Waals surface area contributed by atoms with Crippen molar-refractivity contribution in [2.24, 2.45) is 11.1 Å². The monoisotopic (exact) mass is 312 g/mol. The van der Waals surface area contributed by atoms with Crippen LogP contribution in [0.1, 0.15) is 31.7 Å². The molecular formula is C14H20N2O2S2. The standard InChI is InChI=1S/C14H20N2O2S2/c1-14(7-2-8-14)10-16-20(17,18)12-5-3-11(4-6-12)9-13(15)19/h3-6,16H,2,7-10H2,1H3,(H2,15,19). The first-order chi connectivity index (χ1) is 9.31. The number of hydrogen-bond donors (Lipinski definition) is 2. The topological polar surface area (TPSA) is 72.2 Å². The van der Waals surface area contributed by atoms with Crippen molar-refractivity contribution >= 4 is 27.2 Å². The van der Waals surface area contributed by atoms with Gasteiger partial charge in [-0.25, -0.2) is 13.1 Å². The summed E-state index contributed by atoms with van der Waals surface area (Å²) in [4.78, 5) is 0.684. The van der Waals surface area contributed by atoms with Crippen molar-refractivity contribution in [3.8, 4) is 0 Å². The Morgan fingerprint density at radius 3 is 2.40 bits per heavy atom. The van der Waals surface area contributed by atoms with Gasteiger partial charge >= 0.3 is 0 Å². The molecule has 0 amide bonds. The van der Waals surface area contributed by atoms with Crippen molar-refractivity contribution < 1.29 is 8.42 Å². The van der Waals surface area contributed by atoms with Crippen LogP contribution in [0, 0.1) is 5.41 Å². The van der Waals surface area contributed by atoms with Gasteiger partial charge in [-0.2, -0.15) is 0 Å². The molecule has 1 aliphatic carbocycles. The molecule has 0 unspecified atom stereocenters. The molecule has 1 saturated carbocycles. The lowest BCUT2D eigenvalue weighted by atomic mass is 9.71. The Morgan fingerprint density at radius 2 is 1.95 bits per heavy atom. The Morgan fingerprint density at radius 1 is 1.35 bits per heavy atom. The summed E-state index contributed by atoms with van der Waals surface area (Å²) < 4.78 is 27.1. The molecule has 0 atom stereocenters. The van der Waals surface area contributed by atoms with E-state index in [1.165, 1.54) is 6.42 Å². The molecule has 0 radical (unpaired) electrons. The van der Waals surface area contributed by atoms with E-state index in [0.29, 0.717) is 18.0 Å². The lowest BCUT2D eigenvalue weighted by molar-refractivity contribution is 0.166. The maximum absolute atomic E-state index is 12.2. The summed E-state index contributed by atoms with van der Waals surface area (Å²) in [6, 6.07) is 6.69. The zero-order valence-corrected chi connectivity index (χ0v) is 13.2. The third-order valence-corrected chi connectivity index (χ3v) is 5.42. The van der Waals surface area contributed by atoms with Crippen molar-refractivity contribution in [2.45, 2.75) is 37.5 Å². The van der Waals surface area contributed by atoms with E-state index in [-0.39, 0.29) is 10.3 Å². The molecule has 0 aliphatic heterocycles. The van der Waals surface area contributed by atoms with Crippen molar-refractivity contribution in [3.05, 3.63) is 29.8 Å². The Balaban J connectivity index is 2.03. The molecule has 1 aromatic carbocycles. The van der Waals surface area contributed by atoms with Crippen LogP contribution in [0.4, 0.5) is 0 Å². The zero-order valence-electron chi connectivity index (χ0n) is 11.6. The molecular weight excluding hydrogens is 292 g/mol. The number of thiocarbonyl (C=S) groups is 1. The van der Waals surface area contributed by atoms with Gasteiger partial charge in [-0.1, -0.05) is 37.7 Å². The molecule has 4 nitrogen and oxygen atoms in total. The lowest BCUT2D eigenvalue weighted by Crippen LogP contribution is -2.39. The van der Waals surface area contributed by atoms with Crippen molar-refractivity contribution in [1.29, 1.82) is 0 Å². The van der Waals surface area contributed by atoms with Gasteiger partial charge in [0.1, 0.15) is 0 Å². The van der Waals surface area contributed by atoms with Gasteiger partial charge in [0, 0.05) is 13.0 Å². The number of sulfonamides is 1. The van der Waals surface area contributed by atoms with E-state index in [4.69, 9.17) is 18.0 Å². The van der Waals surface area contributed by atoms with E-state index in [1.54, 1.807) is 24.3 Å². The maximum atomic E-state index is 12.2. The van der Waals surface area contributed by atoms with Crippen LogP contribution >= 0.6 is 12.2 Å². The minimum atomic E-state index is -3.43. The second-order valence-corrected chi connectivity index (χ2v) is 8.07. The molecule has 0 saturated heterocycles. The number of benzene rings is 1. The fraction of sp³-hybridized carbons (Fsp3) is 0.500. The Kier molecular flexibility index (Phi) is 4.46. The SMILES string of the molecule is CC1(CNS(=O)(=O)c2ccc(CC(N)=S)cc2)CCC1. The maximum Gasteiger partial charge on any atom is 0.240 e. The van der Waals surface area contributed by atoms with Crippen LogP contribution in [0.2, 0.25) is 0 Å². The van der Waals surface area contributed by atoms with Gasteiger partial charge in [0.2, 0.25) is 10.0 Å². The second-order valence-electron chi connectivity index (χ2n) is 5.78. The highest BCUT2D eigenvalue weighted by Gasteiger charge is 2.32. The Bertz CT molecular complexity index is 590. The van der Waals surface area contributed by atoms with Gasteiger partial charge in [0.25, 0.3) is 0 Å². The first kappa shape index (κ1) is 15.4. The predicted octanol–water partition coefficient (Wildman–Crippen LogP) is 1.98. The summed E-state index contributed by atoms with van der Waals surface area (Å²) in [5.41, 5.74) is 6.51. The number of hydrogen-bond acceptors (Lipinski definition) is 3. The summed E-state index contributed by atoms with van der Waals surface area (Å²) in [6.45, 7) is 2.62. The third-order valence-electron chi connectivity index (χ3n) is 3.86. The second kappa shape index (κ2) is 5.79. The summed E-state index contributed by atoms with van der Waals surface area (Å²) in [5, 5.41) is 0. The van der Waals surface area contributed by atoms with Gasteiger partial charge < -0.3 is 5.73 Å². The normalized spacial score (nSPS) is 17.4. The van der Waals surface area contributed by atoms with Gasteiger partial charge in [-0.15, -0.1) is 0 Å². The molecule has 1 aromatic rings. The van der Waals surface area contributed by atoms with Crippen LogP contribution < -0.4 is 10.5 Å². The van der Waals surface area contributed by atoms with E-state index in [9.17, 15) is 8.42 Å². The first-order valence-corrected chi connectivity index (χ1v) is 8.57. The molecule has 0 aromatic heterocycles. The highest BCUT2D eigenvalue weighted by atomic mass is 32.2. The number of nitrogens with two attached hydrogens (primary N) is 1. The summed E-state index contributed by atoms with van der Waals surface area (Å²) in [5.74, 6) is 0. The van der Waals surface area contributed by atoms with Crippen LogP contribution in [0.15, 0.2) is 29.2 Å². The smallest absolute Gasteiger partial charge is 0.240 e. The Hall–Kier alpha value is -0.980. The molecule has 20 heavy (non-hydrogen) atoms. The van der Waals surface area contributed by atoms with Crippen molar-refractivity contribution in [2.75, 3.05) is 6.54 Å². The van der Waals surface area contributed by atoms with Crippen LogP contribution in [-0.4, -0.2) is 20.0 Å². The lowest BCUT2D eigenvalue weighted by Gasteiger charge is -2.38. The molecule has 0 bridgehead atoms. The van der Waals surface area contributed by atoms with E-state index < -0.39 is 10.0 Å². The zero-order chi connectivity index (χ0) is 14.8. The van der Waals surface area contributed by atoms with Crippen LogP contribution in [0.5, 0.6) is 0 Å². The fourth-order valence-electron chi connectivity index (χ4n) is 2.30. The molecule has 110 valence electrons. The minimum Gasteiger partial charge on any atom is -0.393 e. The summed E-state index contributed by atoms with van der Waals surface area (Å²) in [6.07, 6.45) is 3.85. The Labute approximate surface area is 125 Å². The molecule has 0 heterocycles. The number of rotatable bonds is 6. The molecule has 2 rings (SSSR count). The van der Waals surface area contributed by atoms with Crippen LogP contribution in [0.25, 0.3) is 0 Å². The van der Waals surface area contributed by atoms with E-state index in [1.807, 2.05) is 0 Å². The minimum absolute atomic E-state index is 0.124. The third kappa shape index (κ3) is 3.77. The summed E-state index contributed by atoms with van der Waals surface area (Å²) in [7, 11) is -3.43. The van der Waals surface area contributed by atoms with Gasteiger partial charge in [-0.3, -0.25) is 0 Å². The van der Waals surface area contributed by atoms with Gasteiger partial charge in [0.15, 0.2) is 0 Å². The molecule has 1 aliphatic rings. The van der Waals surface area contributed by atoms with E-state index in [0.717, 1.165) is 18.4 Å². The highest BCUT2D eigenvalue weighted by Crippen LogP contribution is 2.39. The van der Waals surface area contributed by atoms with Gasteiger partial charge in [-0.05, 0) is 36.0 Å². The largest absolute Gasteiger partial charge is 0.393 e. The van der Waals surface area contributed by atoms with Crippen LogP contribution in [-0.2, 0) is 16.4 Å².